The second-order valence-corrected chi connectivity index (χ2v) is 11.0. The minimum atomic E-state index is -0.801. The van der Waals surface area contributed by atoms with Gasteiger partial charge in [0.15, 0.2) is 0 Å². The van der Waals surface area contributed by atoms with Crippen molar-refractivity contribution in [3.8, 4) is 0 Å². The molecule has 1 aliphatic carbocycles. The van der Waals surface area contributed by atoms with Gasteiger partial charge < -0.3 is 20.3 Å². The Morgan fingerprint density at radius 1 is 1.03 bits per heavy atom. The van der Waals surface area contributed by atoms with E-state index in [1.165, 1.54) is 12.0 Å². The van der Waals surface area contributed by atoms with Crippen LogP contribution in [0.25, 0.3) is 0 Å². The van der Waals surface area contributed by atoms with Crippen LogP contribution >= 0.6 is 0 Å². The average Bonchev–Trinajstić information content (AvgIpc) is 2.84. The second-order valence-electron chi connectivity index (χ2n) is 11.0. The Morgan fingerprint density at radius 3 is 2.14 bits per heavy atom. The molecule has 0 saturated heterocycles. The molecule has 0 bridgehead atoms. The number of nitrogens with zero attached hydrogens (tertiary/aromatic N) is 1. The number of benzene rings is 1. The molecule has 0 aromatic heterocycles. The van der Waals surface area contributed by atoms with Gasteiger partial charge in [-0.25, -0.2) is 4.79 Å². The zero-order valence-corrected chi connectivity index (χ0v) is 23.4. The number of carbonyl (C=O) groups is 3. The molecule has 3 atom stereocenters. The number of nitrogens with one attached hydrogen (secondary N) is 2. The maximum absolute atomic E-state index is 14.0. The van der Waals surface area contributed by atoms with Crippen LogP contribution in [-0.2, 0) is 20.7 Å². The van der Waals surface area contributed by atoms with E-state index in [2.05, 4.69) is 17.6 Å². The number of likely N-dealkylation sites (N-methyl/N-ethyl adjacent to an activating group) is 1. The normalized spacial score (nSPS) is 17.0. The fourth-order valence-electron chi connectivity index (χ4n) is 4.70. The molecule has 0 heterocycles. The molecule has 1 aromatic rings. The lowest BCUT2D eigenvalue weighted by Gasteiger charge is -2.36. The topological polar surface area (TPSA) is 87.7 Å². The van der Waals surface area contributed by atoms with Crippen LogP contribution in [0, 0.1) is 5.92 Å². The van der Waals surface area contributed by atoms with Crippen LogP contribution in [0.3, 0.4) is 0 Å². The Kier molecular flexibility index (Phi) is 11.3. The fourth-order valence-corrected chi connectivity index (χ4v) is 4.70. The zero-order chi connectivity index (χ0) is 26.9. The predicted molar refractivity (Wildman–Crippen MR) is 144 cm³/mol. The summed E-state index contributed by atoms with van der Waals surface area (Å²) < 4.78 is 5.44. The smallest absolute Gasteiger partial charge is 0.408 e. The largest absolute Gasteiger partial charge is 0.444 e. The van der Waals surface area contributed by atoms with Gasteiger partial charge >= 0.3 is 6.09 Å². The number of rotatable bonds is 10. The summed E-state index contributed by atoms with van der Waals surface area (Å²) in [7, 11) is 0. The molecule has 1 fully saturated rings. The fraction of sp³-hybridized carbons (Fsp3) is 0.690. The molecule has 0 aliphatic heterocycles. The average molecular weight is 502 g/mol. The van der Waals surface area contributed by atoms with E-state index in [9.17, 15) is 14.4 Å². The summed E-state index contributed by atoms with van der Waals surface area (Å²) in [4.78, 5) is 41.9. The number of amides is 3. The SMILES string of the molecule is CCc1ccc(C(C(=O)NC2CCCCC2)N(CC)C(=O)C(NC(=O)OC(C)(C)C)C(C)CC)cc1. The molecule has 1 aliphatic rings. The first-order valence-electron chi connectivity index (χ1n) is 13.7. The van der Waals surface area contributed by atoms with Gasteiger partial charge in [-0.05, 0) is 64.0 Å². The van der Waals surface area contributed by atoms with Crippen molar-refractivity contribution in [1.29, 1.82) is 0 Å². The van der Waals surface area contributed by atoms with Gasteiger partial charge in [0.25, 0.3) is 0 Å². The first-order valence-corrected chi connectivity index (χ1v) is 13.7. The van der Waals surface area contributed by atoms with Crippen molar-refractivity contribution in [2.45, 2.75) is 117 Å². The summed E-state index contributed by atoms with van der Waals surface area (Å²) in [6.07, 6.45) is 6.28. The van der Waals surface area contributed by atoms with Crippen molar-refractivity contribution < 1.29 is 19.1 Å². The van der Waals surface area contributed by atoms with E-state index in [0.717, 1.165) is 37.7 Å². The van der Waals surface area contributed by atoms with Crippen LogP contribution in [-0.4, -0.2) is 47.0 Å². The molecule has 2 N–H and O–H groups in total. The monoisotopic (exact) mass is 501 g/mol. The van der Waals surface area contributed by atoms with Crippen LogP contribution in [0.2, 0.25) is 0 Å². The van der Waals surface area contributed by atoms with E-state index in [0.29, 0.717) is 13.0 Å². The third-order valence-corrected chi connectivity index (χ3v) is 6.99. The summed E-state index contributed by atoms with van der Waals surface area (Å²) in [5.41, 5.74) is 1.26. The number of hydrogen-bond acceptors (Lipinski definition) is 4. The Bertz CT molecular complexity index is 856. The summed E-state index contributed by atoms with van der Waals surface area (Å²) in [5, 5.41) is 6.02. The first-order chi connectivity index (χ1) is 17.0. The quantitative estimate of drug-likeness (QED) is 0.441. The van der Waals surface area contributed by atoms with Gasteiger partial charge in [0.2, 0.25) is 11.8 Å². The summed E-state index contributed by atoms with van der Waals surface area (Å²) >= 11 is 0. The zero-order valence-electron chi connectivity index (χ0n) is 23.4. The number of alkyl carbamates (subject to hydrolysis) is 1. The van der Waals surface area contributed by atoms with Gasteiger partial charge in [0, 0.05) is 12.6 Å². The van der Waals surface area contributed by atoms with E-state index >= 15 is 0 Å². The van der Waals surface area contributed by atoms with E-state index in [1.54, 1.807) is 25.7 Å². The van der Waals surface area contributed by atoms with Gasteiger partial charge in [0.1, 0.15) is 17.7 Å². The molecule has 2 rings (SSSR count). The minimum Gasteiger partial charge on any atom is -0.444 e. The molecule has 3 unspecified atom stereocenters. The predicted octanol–water partition coefficient (Wildman–Crippen LogP) is 5.53. The third kappa shape index (κ3) is 8.52. The van der Waals surface area contributed by atoms with Crippen molar-refractivity contribution in [2.24, 2.45) is 5.92 Å². The molecule has 0 radical (unpaired) electrons. The van der Waals surface area contributed by atoms with E-state index in [1.807, 2.05) is 45.0 Å². The number of hydrogen-bond donors (Lipinski definition) is 2. The first kappa shape index (κ1) is 29.7. The minimum absolute atomic E-state index is 0.128. The molecule has 36 heavy (non-hydrogen) atoms. The van der Waals surface area contributed by atoms with Gasteiger partial charge in [0.05, 0.1) is 0 Å². The van der Waals surface area contributed by atoms with Gasteiger partial charge in [-0.15, -0.1) is 0 Å². The Morgan fingerprint density at radius 2 is 1.64 bits per heavy atom. The number of aryl methyl sites for hydroxylation is 1. The lowest BCUT2D eigenvalue weighted by atomic mass is 9.93. The molecule has 1 aromatic carbocycles. The standard InChI is InChI=1S/C29H47N3O4/c1-8-20(4)24(31-28(35)36-29(5,6)7)27(34)32(10-3)25(22-18-16-21(9-2)17-19-22)26(33)30-23-14-12-11-13-15-23/h16-20,23-25H,8-15H2,1-7H3,(H,30,33)(H,31,35). The maximum atomic E-state index is 14.0. The molecule has 202 valence electrons. The van der Waals surface area contributed by atoms with Crippen LogP contribution < -0.4 is 10.6 Å². The molecule has 7 nitrogen and oxygen atoms in total. The van der Waals surface area contributed by atoms with E-state index in [-0.39, 0.29) is 23.8 Å². The molecule has 3 amide bonds. The van der Waals surface area contributed by atoms with Gasteiger partial charge in [-0.3, -0.25) is 9.59 Å². The Balaban J connectivity index is 2.39. The molecule has 1 saturated carbocycles. The maximum Gasteiger partial charge on any atom is 0.408 e. The van der Waals surface area contributed by atoms with E-state index < -0.39 is 23.8 Å². The van der Waals surface area contributed by atoms with Crippen LogP contribution in [0.5, 0.6) is 0 Å². The highest BCUT2D eigenvalue weighted by Crippen LogP contribution is 2.26. The van der Waals surface area contributed by atoms with Crippen molar-refractivity contribution in [3.05, 3.63) is 35.4 Å². The second kappa shape index (κ2) is 13.7. The van der Waals surface area contributed by atoms with Crippen molar-refractivity contribution in [3.63, 3.8) is 0 Å². The Hall–Kier alpha value is -2.57. The summed E-state index contributed by atoms with van der Waals surface area (Å²) in [6, 6.07) is 6.47. The van der Waals surface area contributed by atoms with E-state index in [4.69, 9.17) is 4.74 Å². The molecular formula is C29H47N3O4. The van der Waals surface area contributed by atoms with Gasteiger partial charge in [-0.1, -0.05) is 70.7 Å². The van der Waals surface area contributed by atoms with Crippen molar-refractivity contribution in [1.82, 2.24) is 15.5 Å². The summed E-state index contributed by atoms with van der Waals surface area (Å²) in [5.74, 6) is -0.578. The number of carbonyl (C=O) groups excluding carboxylic acids is 3. The highest BCUT2D eigenvalue weighted by Gasteiger charge is 2.38. The molecule has 7 heteroatoms. The molecular weight excluding hydrogens is 454 g/mol. The highest BCUT2D eigenvalue weighted by molar-refractivity contribution is 5.92. The lowest BCUT2D eigenvalue weighted by Crippen LogP contribution is -2.55. The third-order valence-electron chi connectivity index (χ3n) is 6.99. The highest BCUT2D eigenvalue weighted by atomic mass is 16.6. The van der Waals surface area contributed by atoms with Crippen LogP contribution in [0.4, 0.5) is 4.79 Å². The lowest BCUT2D eigenvalue weighted by molar-refractivity contribution is -0.143. The summed E-state index contributed by atoms with van der Waals surface area (Å²) in [6.45, 7) is 13.6. The van der Waals surface area contributed by atoms with Gasteiger partial charge in [-0.2, -0.15) is 0 Å². The Labute approximate surface area is 217 Å². The van der Waals surface area contributed by atoms with Crippen LogP contribution in [0.1, 0.15) is 104 Å². The van der Waals surface area contributed by atoms with Crippen molar-refractivity contribution in [2.75, 3.05) is 6.54 Å². The van der Waals surface area contributed by atoms with Crippen molar-refractivity contribution >= 4 is 17.9 Å². The number of ether oxygens (including phenoxy) is 1. The molecule has 0 spiro atoms. The van der Waals surface area contributed by atoms with Crippen LogP contribution in [0.15, 0.2) is 24.3 Å².